The van der Waals surface area contributed by atoms with Crippen LogP contribution >= 0.6 is 11.6 Å². The highest BCUT2D eigenvalue weighted by atomic mass is 35.5. The number of hydrogen-bond donors (Lipinski definition) is 2. The summed E-state index contributed by atoms with van der Waals surface area (Å²) in [6, 6.07) is 13.9. The largest absolute Gasteiger partial charge is 0.495 e. The van der Waals surface area contributed by atoms with Crippen LogP contribution < -0.4 is 15.0 Å². The summed E-state index contributed by atoms with van der Waals surface area (Å²) in [5.41, 5.74) is 1.03. The molecule has 1 aliphatic heterocycles. The number of fused-ring (bicyclic) bond motifs is 1. The van der Waals surface area contributed by atoms with E-state index in [9.17, 15) is 5.11 Å². The van der Waals surface area contributed by atoms with Crippen molar-refractivity contribution in [1.82, 2.24) is 10.2 Å². The van der Waals surface area contributed by atoms with Gasteiger partial charge in [0, 0.05) is 42.9 Å². The normalized spacial score (nSPS) is 16.5. The molecule has 2 aromatic carbocycles. The van der Waals surface area contributed by atoms with Crippen LogP contribution in [0.15, 0.2) is 42.5 Å². The number of hydrogen-bond acceptors (Lipinski definition) is 6. The van der Waals surface area contributed by atoms with Crippen LogP contribution in [0.2, 0.25) is 5.02 Å². The van der Waals surface area contributed by atoms with E-state index in [4.69, 9.17) is 16.3 Å². The molecule has 0 radical (unpaired) electrons. The van der Waals surface area contributed by atoms with Crippen LogP contribution in [0.5, 0.6) is 5.75 Å². The molecule has 28 heavy (non-hydrogen) atoms. The first kappa shape index (κ1) is 18.8. The number of aliphatic hydroxyl groups is 1. The van der Waals surface area contributed by atoms with E-state index in [0.29, 0.717) is 23.2 Å². The summed E-state index contributed by atoms with van der Waals surface area (Å²) in [5, 5.41) is 24.4. The number of aromatic nitrogens is 2. The molecular formula is C21H23ClN4O2. The van der Waals surface area contributed by atoms with E-state index in [0.717, 1.165) is 47.5 Å². The molecule has 1 aliphatic rings. The number of anilines is 2. The number of methoxy groups -OCH3 is 1. The van der Waals surface area contributed by atoms with E-state index in [1.165, 1.54) is 0 Å². The third-order valence-corrected chi connectivity index (χ3v) is 5.48. The number of rotatable bonds is 6. The Kier molecular flexibility index (Phi) is 5.50. The molecule has 4 rings (SSSR count). The summed E-state index contributed by atoms with van der Waals surface area (Å²) in [4.78, 5) is 2.21. The van der Waals surface area contributed by atoms with Gasteiger partial charge in [-0.1, -0.05) is 41.9 Å². The highest BCUT2D eigenvalue weighted by Gasteiger charge is 2.25. The monoisotopic (exact) mass is 398 g/mol. The number of nitrogens with one attached hydrogen (secondary N) is 1. The molecule has 0 aliphatic carbocycles. The Morgan fingerprint density at radius 2 is 2.04 bits per heavy atom. The molecule has 1 saturated heterocycles. The quantitative estimate of drug-likeness (QED) is 0.659. The SMILES string of the molecule is COc1ccc(CNc2nnc(N3CCC(CO)C3)c3ccccc23)cc1Cl. The van der Waals surface area contributed by atoms with Crippen LogP contribution in [-0.2, 0) is 6.54 Å². The molecule has 0 bridgehead atoms. The van der Waals surface area contributed by atoms with Crippen molar-refractivity contribution in [2.24, 2.45) is 5.92 Å². The van der Waals surface area contributed by atoms with Crippen LogP contribution in [0.25, 0.3) is 10.8 Å². The van der Waals surface area contributed by atoms with E-state index in [-0.39, 0.29) is 6.61 Å². The van der Waals surface area contributed by atoms with Crippen LogP contribution in [0.4, 0.5) is 11.6 Å². The second-order valence-corrected chi connectivity index (χ2v) is 7.43. The zero-order chi connectivity index (χ0) is 19.5. The maximum atomic E-state index is 9.43. The van der Waals surface area contributed by atoms with Gasteiger partial charge in [0.1, 0.15) is 5.75 Å². The Morgan fingerprint density at radius 1 is 1.21 bits per heavy atom. The van der Waals surface area contributed by atoms with Gasteiger partial charge in [-0.25, -0.2) is 0 Å². The van der Waals surface area contributed by atoms with E-state index < -0.39 is 0 Å². The minimum absolute atomic E-state index is 0.214. The minimum Gasteiger partial charge on any atom is -0.495 e. The number of aliphatic hydroxyl groups excluding tert-OH is 1. The van der Waals surface area contributed by atoms with Crippen LogP contribution in [0.3, 0.4) is 0 Å². The summed E-state index contributed by atoms with van der Waals surface area (Å²) >= 11 is 6.22. The first-order valence-corrected chi connectivity index (χ1v) is 9.75. The van der Waals surface area contributed by atoms with Gasteiger partial charge in [0.2, 0.25) is 0 Å². The van der Waals surface area contributed by atoms with Crippen molar-refractivity contribution in [3.63, 3.8) is 0 Å². The third-order valence-electron chi connectivity index (χ3n) is 5.19. The van der Waals surface area contributed by atoms with Crippen molar-refractivity contribution < 1.29 is 9.84 Å². The van der Waals surface area contributed by atoms with Gasteiger partial charge in [0.15, 0.2) is 11.6 Å². The maximum absolute atomic E-state index is 9.43. The number of benzene rings is 2. The van der Waals surface area contributed by atoms with E-state index in [1.807, 2.05) is 30.3 Å². The fraction of sp³-hybridized carbons (Fsp3) is 0.333. The molecule has 1 unspecified atom stereocenters. The summed E-state index contributed by atoms with van der Waals surface area (Å²) in [5.74, 6) is 2.58. The fourth-order valence-electron chi connectivity index (χ4n) is 3.63. The van der Waals surface area contributed by atoms with Crippen LogP contribution in [0.1, 0.15) is 12.0 Å². The van der Waals surface area contributed by atoms with Gasteiger partial charge in [0.05, 0.1) is 12.1 Å². The lowest BCUT2D eigenvalue weighted by Crippen LogP contribution is -2.22. The lowest BCUT2D eigenvalue weighted by Gasteiger charge is -2.19. The number of ether oxygens (including phenoxy) is 1. The first-order chi connectivity index (χ1) is 13.7. The average molecular weight is 399 g/mol. The molecule has 1 aromatic heterocycles. The number of halogens is 1. The second-order valence-electron chi connectivity index (χ2n) is 7.02. The third kappa shape index (κ3) is 3.70. The molecule has 0 amide bonds. The Balaban J connectivity index is 1.59. The Bertz CT molecular complexity index is 982. The molecule has 146 valence electrons. The predicted molar refractivity (Wildman–Crippen MR) is 112 cm³/mol. The zero-order valence-corrected chi connectivity index (χ0v) is 16.5. The highest BCUT2D eigenvalue weighted by molar-refractivity contribution is 6.32. The lowest BCUT2D eigenvalue weighted by molar-refractivity contribution is 0.238. The van der Waals surface area contributed by atoms with Gasteiger partial charge in [-0.2, -0.15) is 0 Å². The highest BCUT2D eigenvalue weighted by Crippen LogP contribution is 2.32. The van der Waals surface area contributed by atoms with Crippen molar-refractivity contribution in [2.75, 3.05) is 37.0 Å². The van der Waals surface area contributed by atoms with Gasteiger partial charge < -0.3 is 20.1 Å². The smallest absolute Gasteiger partial charge is 0.159 e. The summed E-state index contributed by atoms with van der Waals surface area (Å²) in [6.45, 7) is 2.50. The van der Waals surface area contributed by atoms with Gasteiger partial charge in [-0.05, 0) is 24.1 Å². The van der Waals surface area contributed by atoms with Gasteiger partial charge in [0.25, 0.3) is 0 Å². The van der Waals surface area contributed by atoms with E-state index >= 15 is 0 Å². The molecule has 2 N–H and O–H groups in total. The molecule has 2 heterocycles. The first-order valence-electron chi connectivity index (χ1n) is 9.37. The van der Waals surface area contributed by atoms with Crippen molar-refractivity contribution in [2.45, 2.75) is 13.0 Å². The average Bonchev–Trinajstić information content (AvgIpc) is 3.21. The zero-order valence-electron chi connectivity index (χ0n) is 15.7. The Labute approximate surface area is 169 Å². The van der Waals surface area contributed by atoms with Crippen molar-refractivity contribution in [3.05, 3.63) is 53.1 Å². The number of nitrogens with zero attached hydrogens (tertiary/aromatic N) is 3. The van der Waals surface area contributed by atoms with Crippen molar-refractivity contribution in [1.29, 1.82) is 0 Å². The van der Waals surface area contributed by atoms with Gasteiger partial charge in [-0.15, -0.1) is 10.2 Å². The van der Waals surface area contributed by atoms with Crippen LogP contribution in [0, 0.1) is 5.92 Å². The Morgan fingerprint density at radius 3 is 2.75 bits per heavy atom. The summed E-state index contributed by atoms with van der Waals surface area (Å²) < 4.78 is 5.20. The molecule has 7 heteroatoms. The van der Waals surface area contributed by atoms with Gasteiger partial charge in [-0.3, -0.25) is 0 Å². The molecule has 6 nitrogen and oxygen atoms in total. The van der Waals surface area contributed by atoms with E-state index in [1.54, 1.807) is 7.11 Å². The summed E-state index contributed by atoms with van der Waals surface area (Å²) in [6.07, 6.45) is 0.977. The minimum atomic E-state index is 0.214. The van der Waals surface area contributed by atoms with E-state index in [2.05, 4.69) is 32.5 Å². The Hall–Kier alpha value is -2.57. The molecule has 0 spiro atoms. The molecule has 1 atom stereocenters. The topological polar surface area (TPSA) is 70.5 Å². The second kappa shape index (κ2) is 8.20. The molecule has 3 aromatic rings. The standard InChI is InChI=1S/C21H23ClN4O2/c1-28-19-7-6-14(10-18(19)22)11-23-20-16-4-2-3-5-17(16)21(25-24-20)26-9-8-15(12-26)13-27/h2-7,10,15,27H,8-9,11-13H2,1H3,(H,23,24). The fourth-order valence-corrected chi connectivity index (χ4v) is 3.91. The van der Waals surface area contributed by atoms with Crippen molar-refractivity contribution >= 4 is 34.0 Å². The molecular weight excluding hydrogens is 376 g/mol. The lowest BCUT2D eigenvalue weighted by atomic mass is 10.1. The van der Waals surface area contributed by atoms with Gasteiger partial charge >= 0.3 is 0 Å². The van der Waals surface area contributed by atoms with Crippen molar-refractivity contribution in [3.8, 4) is 5.75 Å². The predicted octanol–water partition coefficient (Wildman–Crippen LogP) is 3.72. The summed E-state index contributed by atoms with van der Waals surface area (Å²) in [7, 11) is 1.60. The maximum Gasteiger partial charge on any atom is 0.159 e. The molecule has 0 saturated carbocycles. The molecule has 1 fully saturated rings. The van der Waals surface area contributed by atoms with Crippen LogP contribution in [-0.4, -0.2) is 42.1 Å².